The predicted molar refractivity (Wildman–Crippen MR) is 89.6 cm³/mol. The minimum atomic E-state index is 0.480. The van der Waals surface area contributed by atoms with E-state index in [4.69, 9.17) is 33.7 Å². The van der Waals surface area contributed by atoms with Crippen LogP contribution in [0.15, 0.2) is 48.5 Å². The molecule has 2 nitrogen and oxygen atoms in total. The van der Waals surface area contributed by atoms with Gasteiger partial charge in [0, 0.05) is 21.9 Å². The second-order valence-electron chi connectivity index (χ2n) is 4.83. The van der Waals surface area contributed by atoms with Gasteiger partial charge in [0.1, 0.15) is 11.5 Å². The van der Waals surface area contributed by atoms with Gasteiger partial charge in [-0.1, -0.05) is 47.5 Å². The fourth-order valence-electron chi connectivity index (χ4n) is 2.24. The van der Waals surface area contributed by atoms with Crippen molar-refractivity contribution in [2.45, 2.75) is 6.92 Å². The van der Waals surface area contributed by atoms with Crippen LogP contribution in [-0.4, -0.2) is 0 Å². The minimum Gasteiger partial charge on any atom is -0.456 e. The van der Waals surface area contributed by atoms with E-state index in [-0.39, 0.29) is 0 Å². The average molecular weight is 318 g/mol. The van der Waals surface area contributed by atoms with Crippen molar-refractivity contribution in [1.29, 1.82) is 0 Å². The zero-order valence-electron chi connectivity index (χ0n) is 11.4. The molecule has 0 heterocycles. The molecule has 0 aliphatic carbocycles. The Morgan fingerprint density at radius 2 is 1.57 bits per heavy atom. The van der Waals surface area contributed by atoms with Crippen molar-refractivity contribution in [3.8, 4) is 11.5 Å². The Hall–Kier alpha value is -1.90. The molecule has 2 N–H and O–H groups in total. The zero-order chi connectivity index (χ0) is 15.0. The molecule has 3 aromatic carbocycles. The van der Waals surface area contributed by atoms with Crippen molar-refractivity contribution in [3.63, 3.8) is 0 Å². The highest BCUT2D eigenvalue weighted by Crippen LogP contribution is 2.37. The molecule has 3 rings (SSSR count). The number of ether oxygens (including phenoxy) is 1. The van der Waals surface area contributed by atoms with Gasteiger partial charge in [-0.05, 0) is 30.7 Å². The first-order valence-electron chi connectivity index (χ1n) is 6.47. The molecule has 0 amide bonds. The first-order chi connectivity index (χ1) is 10.1. The molecule has 3 aromatic rings. The maximum Gasteiger partial charge on any atom is 0.135 e. The third-order valence-electron chi connectivity index (χ3n) is 3.35. The van der Waals surface area contributed by atoms with Gasteiger partial charge in [0.15, 0.2) is 0 Å². The summed E-state index contributed by atoms with van der Waals surface area (Å²) in [5, 5.41) is 3.09. The number of hydrogen-bond acceptors (Lipinski definition) is 2. The number of hydrogen-bond donors (Lipinski definition) is 1. The summed E-state index contributed by atoms with van der Waals surface area (Å²) in [5.41, 5.74) is 7.26. The highest BCUT2D eigenvalue weighted by Gasteiger charge is 2.09. The van der Waals surface area contributed by atoms with Crippen molar-refractivity contribution in [2.75, 3.05) is 5.73 Å². The zero-order valence-corrected chi connectivity index (χ0v) is 12.9. The van der Waals surface area contributed by atoms with Gasteiger partial charge in [0.05, 0.1) is 10.7 Å². The van der Waals surface area contributed by atoms with Crippen LogP contribution < -0.4 is 10.5 Å². The summed E-state index contributed by atoms with van der Waals surface area (Å²) >= 11 is 12.3. The number of halogens is 2. The highest BCUT2D eigenvalue weighted by molar-refractivity contribution is 6.35. The van der Waals surface area contributed by atoms with E-state index >= 15 is 0 Å². The van der Waals surface area contributed by atoms with Crippen LogP contribution in [0.1, 0.15) is 5.56 Å². The molecule has 21 heavy (non-hydrogen) atoms. The molecule has 0 radical (unpaired) electrons. The highest BCUT2D eigenvalue weighted by atomic mass is 35.5. The number of rotatable bonds is 2. The molecular weight excluding hydrogens is 305 g/mol. The summed E-state index contributed by atoms with van der Waals surface area (Å²) in [6.07, 6.45) is 0. The molecule has 0 saturated heterocycles. The first-order valence-corrected chi connectivity index (χ1v) is 7.22. The molecule has 0 aliphatic rings. The van der Waals surface area contributed by atoms with Gasteiger partial charge in [-0.25, -0.2) is 0 Å². The van der Waals surface area contributed by atoms with Crippen LogP contribution >= 0.6 is 23.2 Å². The van der Waals surface area contributed by atoms with Crippen LogP contribution in [0.4, 0.5) is 5.69 Å². The second kappa shape index (κ2) is 5.47. The lowest BCUT2D eigenvalue weighted by atomic mass is 10.1. The maximum atomic E-state index is 6.22. The third kappa shape index (κ3) is 2.65. The summed E-state index contributed by atoms with van der Waals surface area (Å²) in [5.74, 6) is 1.42. The molecule has 4 heteroatoms. The predicted octanol–water partition coefficient (Wildman–Crippen LogP) is 5.83. The van der Waals surface area contributed by atoms with E-state index in [0.717, 1.165) is 22.1 Å². The Balaban J connectivity index is 2.11. The molecule has 0 fully saturated rings. The van der Waals surface area contributed by atoms with Crippen molar-refractivity contribution >= 4 is 39.7 Å². The lowest BCUT2D eigenvalue weighted by Gasteiger charge is -2.13. The van der Waals surface area contributed by atoms with E-state index in [1.54, 1.807) is 12.1 Å². The normalized spacial score (nSPS) is 10.8. The molecule has 0 spiro atoms. The van der Waals surface area contributed by atoms with Gasteiger partial charge in [0.2, 0.25) is 0 Å². The molecule has 0 unspecified atom stereocenters. The number of nitrogen functional groups attached to an aromatic ring is 1. The number of anilines is 1. The van der Waals surface area contributed by atoms with Crippen LogP contribution in [0, 0.1) is 6.92 Å². The quantitative estimate of drug-likeness (QED) is 0.603. The number of fused-ring (bicyclic) bond motifs is 1. The van der Waals surface area contributed by atoms with Gasteiger partial charge in [-0.15, -0.1) is 0 Å². The molecule has 0 saturated carbocycles. The maximum absolute atomic E-state index is 6.22. The lowest BCUT2D eigenvalue weighted by Crippen LogP contribution is -1.93. The van der Waals surface area contributed by atoms with Gasteiger partial charge >= 0.3 is 0 Å². The Morgan fingerprint density at radius 1 is 0.857 bits per heavy atom. The van der Waals surface area contributed by atoms with Gasteiger partial charge < -0.3 is 10.5 Å². The Bertz CT molecular complexity index is 830. The molecule has 0 aliphatic heterocycles. The van der Waals surface area contributed by atoms with Gasteiger partial charge in [0.25, 0.3) is 0 Å². The van der Waals surface area contributed by atoms with E-state index in [9.17, 15) is 0 Å². The fraction of sp³-hybridized carbons (Fsp3) is 0.0588. The van der Waals surface area contributed by atoms with Crippen LogP contribution in [0.5, 0.6) is 11.5 Å². The smallest absolute Gasteiger partial charge is 0.135 e. The van der Waals surface area contributed by atoms with E-state index in [1.165, 1.54) is 0 Å². The number of benzene rings is 3. The lowest BCUT2D eigenvalue weighted by molar-refractivity contribution is 0.484. The Kier molecular flexibility index (Phi) is 3.66. The topological polar surface area (TPSA) is 35.2 Å². The van der Waals surface area contributed by atoms with Gasteiger partial charge in [-0.2, -0.15) is 0 Å². The van der Waals surface area contributed by atoms with E-state index in [0.29, 0.717) is 21.5 Å². The SMILES string of the molecule is Cc1cc(N)c(Cl)cc1Oc1ccc(Cl)c2ccccc12. The largest absolute Gasteiger partial charge is 0.456 e. The second-order valence-corrected chi connectivity index (χ2v) is 5.65. The minimum absolute atomic E-state index is 0.480. The first kappa shape index (κ1) is 14.1. The summed E-state index contributed by atoms with van der Waals surface area (Å²) in [4.78, 5) is 0. The van der Waals surface area contributed by atoms with E-state index in [2.05, 4.69) is 0 Å². The standard InChI is InChI=1S/C17H13Cl2NO/c1-10-8-15(20)14(19)9-17(10)21-16-7-6-13(18)11-4-2-3-5-12(11)16/h2-9H,20H2,1H3. The molecule has 0 bridgehead atoms. The summed E-state index contributed by atoms with van der Waals surface area (Å²) in [6.45, 7) is 1.93. The van der Waals surface area contributed by atoms with Crippen LogP contribution in [0.3, 0.4) is 0 Å². The van der Waals surface area contributed by atoms with E-state index < -0.39 is 0 Å². The molecule has 0 aromatic heterocycles. The van der Waals surface area contributed by atoms with E-state index in [1.807, 2.05) is 43.3 Å². The molecule has 0 atom stereocenters. The average Bonchev–Trinajstić information content (AvgIpc) is 2.48. The molecule has 106 valence electrons. The summed E-state index contributed by atoms with van der Waals surface area (Å²) in [6, 6.07) is 15.1. The monoisotopic (exact) mass is 317 g/mol. The fourth-order valence-corrected chi connectivity index (χ4v) is 2.62. The molecular formula is C17H13Cl2NO. The number of aryl methyl sites for hydroxylation is 1. The Labute approximate surface area is 133 Å². The summed E-state index contributed by atoms with van der Waals surface area (Å²) in [7, 11) is 0. The van der Waals surface area contributed by atoms with Crippen molar-refractivity contribution < 1.29 is 4.74 Å². The van der Waals surface area contributed by atoms with Crippen molar-refractivity contribution in [2.24, 2.45) is 0 Å². The van der Waals surface area contributed by atoms with Gasteiger partial charge in [-0.3, -0.25) is 0 Å². The third-order valence-corrected chi connectivity index (χ3v) is 4.00. The van der Waals surface area contributed by atoms with Crippen LogP contribution in [0.2, 0.25) is 10.0 Å². The van der Waals surface area contributed by atoms with Crippen molar-refractivity contribution in [3.05, 3.63) is 64.1 Å². The summed E-state index contributed by atoms with van der Waals surface area (Å²) < 4.78 is 6.01. The van der Waals surface area contributed by atoms with Crippen LogP contribution in [0.25, 0.3) is 10.8 Å². The van der Waals surface area contributed by atoms with Crippen LogP contribution in [-0.2, 0) is 0 Å². The number of nitrogens with two attached hydrogens (primary N) is 1. The Morgan fingerprint density at radius 3 is 2.33 bits per heavy atom. The van der Waals surface area contributed by atoms with Crippen molar-refractivity contribution in [1.82, 2.24) is 0 Å².